The molecule has 0 spiro atoms. The highest BCUT2D eigenvalue weighted by molar-refractivity contribution is 5.82. The van der Waals surface area contributed by atoms with E-state index in [0.29, 0.717) is 0 Å². The normalized spacial score (nSPS) is 11.4. The molecule has 0 heterocycles. The Hall–Kier alpha value is -0.580. The van der Waals surface area contributed by atoms with E-state index in [1.165, 1.54) is 299 Å². The number of hydrogen-bond donors (Lipinski definition) is 0. The van der Waals surface area contributed by atoms with Crippen molar-refractivity contribution < 1.29 is 31.3 Å². The molecule has 0 aliphatic carbocycles. The van der Waals surface area contributed by atoms with E-state index in [2.05, 4.69) is 62.0 Å². The van der Waals surface area contributed by atoms with Crippen molar-refractivity contribution in [2.75, 3.05) is 52.4 Å². The van der Waals surface area contributed by atoms with E-state index >= 15 is 0 Å². The van der Waals surface area contributed by atoms with Gasteiger partial charge >= 0.3 is 0 Å². The van der Waals surface area contributed by atoms with Gasteiger partial charge in [0.15, 0.2) is 0 Å². The Kier molecular flexibility index (Phi) is 59.1. The molecule has 0 aliphatic heterocycles. The predicted molar refractivity (Wildman–Crippen MR) is 271 cm³/mol. The standard InChI is InChI=1S/2C26H56N.C4H6O2.ClH/c2*1-5-9-12-15-18-21-24-27(8-4,25-22-19-16-13-10-6-2)26-23-20-17-14-11-7-3;1-3(2)4(5)6;/h2*5-26H2,1-4H3;1H2,2H3,(H,5,6);1H/q2*+1;;/p-2. The molecule has 0 saturated carbocycles. The Labute approximate surface area is 393 Å². The molecule has 0 saturated heterocycles. The van der Waals surface area contributed by atoms with E-state index in [0.717, 1.165) is 0 Å². The SMILES string of the molecule is C=C(C)C(=O)[O-].CCCCCCCC[N+](CC)(CCCCCCCC)CCCCCCCC.CCCCCCCC[N+](CC)(CCCCCCCC)CCCCCCCC.[Cl-]. The number of halogens is 1. The fourth-order valence-electron chi connectivity index (χ4n) is 8.98. The Morgan fingerprint density at radius 3 is 0.574 bits per heavy atom. The summed E-state index contributed by atoms with van der Waals surface area (Å²) in [4.78, 5) is 9.49. The lowest BCUT2D eigenvalue weighted by atomic mass is 10.1. The third-order valence-corrected chi connectivity index (χ3v) is 13.6. The number of hydrogen-bond acceptors (Lipinski definition) is 2. The quantitative estimate of drug-likeness (QED) is 0.0347. The van der Waals surface area contributed by atoms with E-state index in [-0.39, 0.29) is 18.0 Å². The molecule has 0 radical (unpaired) electrons. The highest BCUT2D eigenvalue weighted by atomic mass is 35.5. The van der Waals surface area contributed by atoms with Gasteiger partial charge in [-0.05, 0) is 103 Å². The lowest BCUT2D eigenvalue weighted by molar-refractivity contribution is -0.927. The van der Waals surface area contributed by atoms with Gasteiger partial charge in [0.1, 0.15) is 0 Å². The molecule has 0 aliphatic rings. The molecule has 0 fully saturated rings. The summed E-state index contributed by atoms with van der Waals surface area (Å²) >= 11 is 0. The van der Waals surface area contributed by atoms with Crippen molar-refractivity contribution in [3.63, 3.8) is 0 Å². The van der Waals surface area contributed by atoms with Crippen LogP contribution in [0.25, 0.3) is 0 Å². The summed E-state index contributed by atoms with van der Waals surface area (Å²) in [6.07, 6.45) is 51.9. The monoisotopic (exact) mass is 885 g/mol. The Balaban J connectivity index is -0.000000462. The van der Waals surface area contributed by atoms with Gasteiger partial charge in [0.25, 0.3) is 0 Å². The van der Waals surface area contributed by atoms with Crippen molar-refractivity contribution in [2.24, 2.45) is 0 Å². The van der Waals surface area contributed by atoms with Crippen LogP contribution in [0.3, 0.4) is 0 Å². The minimum absolute atomic E-state index is 0. The largest absolute Gasteiger partial charge is 1.00 e. The number of carboxylic acid groups (broad SMARTS) is 1. The van der Waals surface area contributed by atoms with Crippen LogP contribution < -0.4 is 17.5 Å². The average Bonchev–Trinajstić information content (AvgIpc) is 3.25. The van der Waals surface area contributed by atoms with Gasteiger partial charge < -0.3 is 31.3 Å². The van der Waals surface area contributed by atoms with Gasteiger partial charge in [-0.15, -0.1) is 0 Å². The van der Waals surface area contributed by atoms with Gasteiger partial charge in [-0.2, -0.15) is 0 Å². The minimum atomic E-state index is -1.19. The van der Waals surface area contributed by atoms with E-state index in [9.17, 15) is 9.90 Å². The molecular formula is C56H117ClN2O2. The molecule has 370 valence electrons. The maximum absolute atomic E-state index is 9.49. The van der Waals surface area contributed by atoms with Crippen molar-refractivity contribution in [3.8, 4) is 0 Å². The second-order valence-electron chi connectivity index (χ2n) is 19.3. The Morgan fingerprint density at radius 2 is 0.459 bits per heavy atom. The molecule has 0 aromatic heterocycles. The van der Waals surface area contributed by atoms with E-state index in [1.54, 1.807) is 0 Å². The van der Waals surface area contributed by atoms with Crippen molar-refractivity contribution in [1.82, 2.24) is 0 Å². The molecule has 0 amide bonds. The van der Waals surface area contributed by atoms with E-state index < -0.39 is 5.97 Å². The number of unbranched alkanes of at least 4 members (excludes halogenated alkanes) is 30. The maximum Gasteiger partial charge on any atom is 0.0786 e. The fourth-order valence-corrected chi connectivity index (χ4v) is 8.98. The third-order valence-electron chi connectivity index (χ3n) is 13.6. The first-order chi connectivity index (χ1) is 29.1. The smallest absolute Gasteiger partial charge is 0.0786 e. The van der Waals surface area contributed by atoms with Crippen molar-refractivity contribution in [3.05, 3.63) is 12.2 Å². The van der Waals surface area contributed by atoms with Crippen LogP contribution in [0.5, 0.6) is 0 Å². The second kappa shape index (κ2) is 53.8. The highest BCUT2D eigenvalue weighted by Gasteiger charge is 2.25. The van der Waals surface area contributed by atoms with Gasteiger partial charge in [-0.3, -0.25) is 0 Å². The summed E-state index contributed by atoms with van der Waals surface area (Å²) in [5.41, 5.74) is 0.0648. The van der Waals surface area contributed by atoms with Crippen LogP contribution in [-0.4, -0.2) is 67.3 Å². The molecule has 0 rings (SSSR count). The lowest BCUT2D eigenvalue weighted by Gasteiger charge is -2.38. The van der Waals surface area contributed by atoms with Crippen molar-refractivity contribution in [1.29, 1.82) is 0 Å². The summed E-state index contributed by atoms with van der Waals surface area (Å²) in [6, 6.07) is 0. The number of nitrogens with zero attached hydrogens (tertiary/aromatic N) is 2. The topological polar surface area (TPSA) is 40.1 Å². The number of aliphatic carboxylic acids is 1. The zero-order valence-electron chi connectivity index (χ0n) is 43.9. The lowest BCUT2D eigenvalue weighted by Crippen LogP contribution is -3.00. The molecule has 0 aromatic carbocycles. The summed E-state index contributed by atoms with van der Waals surface area (Å²) < 4.78 is 2.85. The van der Waals surface area contributed by atoms with Gasteiger partial charge in [0.2, 0.25) is 0 Å². The Morgan fingerprint density at radius 1 is 0.328 bits per heavy atom. The molecule has 0 aromatic rings. The van der Waals surface area contributed by atoms with Crippen LogP contribution in [0.4, 0.5) is 0 Å². The molecule has 0 atom stereocenters. The van der Waals surface area contributed by atoms with E-state index in [4.69, 9.17) is 0 Å². The molecule has 61 heavy (non-hydrogen) atoms. The number of carbonyl (C=O) groups excluding carboxylic acids is 1. The van der Waals surface area contributed by atoms with Gasteiger partial charge in [0.05, 0.1) is 58.3 Å². The van der Waals surface area contributed by atoms with Crippen LogP contribution in [0.2, 0.25) is 0 Å². The molecule has 5 heteroatoms. The summed E-state index contributed by atoms with van der Waals surface area (Å²) in [5.74, 6) is -1.19. The summed E-state index contributed by atoms with van der Waals surface area (Å²) in [7, 11) is 0. The van der Waals surface area contributed by atoms with Crippen LogP contribution in [-0.2, 0) is 4.79 Å². The minimum Gasteiger partial charge on any atom is -1.00 e. The summed E-state index contributed by atoms with van der Waals surface area (Å²) in [5, 5.41) is 9.49. The molecular weight excluding hydrogens is 768 g/mol. The first kappa shape index (κ1) is 67.0. The van der Waals surface area contributed by atoms with Crippen LogP contribution in [0.1, 0.15) is 293 Å². The molecule has 0 unspecified atom stereocenters. The number of carbonyl (C=O) groups is 1. The first-order valence-corrected chi connectivity index (χ1v) is 27.7. The first-order valence-electron chi connectivity index (χ1n) is 27.7. The average molecular weight is 886 g/mol. The number of carboxylic acids is 1. The fraction of sp³-hybridized carbons (Fsp3) is 0.946. The van der Waals surface area contributed by atoms with Crippen LogP contribution in [0.15, 0.2) is 12.2 Å². The van der Waals surface area contributed by atoms with E-state index in [1.807, 2.05) is 0 Å². The Bertz CT molecular complexity index is 699. The van der Waals surface area contributed by atoms with Crippen LogP contribution in [0, 0.1) is 0 Å². The van der Waals surface area contributed by atoms with Gasteiger partial charge in [-0.1, -0.05) is 202 Å². The molecule has 0 N–H and O–H groups in total. The summed E-state index contributed by atoms with van der Waals surface area (Å²) in [6.45, 7) is 34.7. The third kappa shape index (κ3) is 48.7. The van der Waals surface area contributed by atoms with Crippen LogP contribution >= 0.6 is 0 Å². The zero-order valence-corrected chi connectivity index (χ0v) is 44.7. The second-order valence-corrected chi connectivity index (χ2v) is 19.3. The highest BCUT2D eigenvalue weighted by Crippen LogP contribution is 2.20. The van der Waals surface area contributed by atoms with Crippen molar-refractivity contribution >= 4 is 5.97 Å². The van der Waals surface area contributed by atoms with Crippen molar-refractivity contribution in [2.45, 2.75) is 293 Å². The van der Waals surface area contributed by atoms with Gasteiger partial charge in [0, 0.05) is 0 Å². The number of rotatable bonds is 45. The zero-order chi connectivity index (χ0) is 45.3. The maximum atomic E-state index is 9.49. The number of quaternary nitrogens is 2. The molecule has 0 bridgehead atoms. The molecule has 4 nitrogen and oxygen atoms in total. The van der Waals surface area contributed by atoms with Gasteiger partial charge in [-0.25, -0.2) is 0 Å². The predicted octanol–water partition coefficient (Wildman–Crippen LogP) is 14.1.